The minimum absolute atomic E-state index is 0.261. The number of alkyl halides is 2. The second kappa shape index (κ2) is 10.4. The second-order valence-electron chi connectivity index (χ2n) is 10.8. The Hall–Kier alpha value is -0.486. The van der Waals surface area contributed by atoms with Crippen LogP contribution >= 0.6 is 0 Å². The number of hydrogen-bond acceptors (Lipinski definition) is 9. The average Bonchev–Trinajstić information content (AvgIpc) is 2.50. The van der Waals surface area contributed by atoms with Gasteiger partial charge in [0.2, 0.25) is 16.6 Å². The number of rotatable bonds is 11. The molecule has 2 atom stereocenters. The van der Waals surface area contributed by atoms with Crippen molar-refractivity contribution in [2.75, 3.05) is 12.9 Å². The maximum Gasteiger partial charge on any atom is 0.395 e. The smallest absolute Gasteiger partial charge is 0.387 e. The lowest BCUT2D eigenvalue weighted by Crippen LogP contribution is -2.54. The van der Waals surface area contributed by atoms with E-state index in [1.807, 2.05) is 54.6 Å². The summed E-state index contributed by atoms with van der Waals surface area (Å²) in [6, 6.07) is 0. The van der Waals surface area contributed by atoms with Crippen LogP contribution in [0.3, 0.4) is 0 Å². The topological polar surface area (TPSA) is 118 Å². The van der Waals surface area contributed by atoms with Crippen molar-refractivity contribution in [1.82, 2.24) is 0 Å². The zero-order chi connectivity index (χ0) is 26.0. The summed E-state index contributed by atoms with van der Waals surface area (Å²) in [7, 11) is -9.73. The van der Waals surface area contributed by atoms with Crippen LogP contribution in [0.1, 0.15) is 41.5 Å². The third kappa shape index (κ3) is 9.04. The average molecular weight is 525 g/mol. The van der Waals surface area contributed by atoms with E-state index in [0.29, 0.717) is 6.26 Å². The van der Waals surface area contributed by atoms with Crippen LogP contribution in [0.15, 0.2) is 0 Å². The molecule has 0 aromatic rings. The fourth-order valence-electron chi connectivity index (χ4n) is 1.44. The zero-order valence-corrected chi connectivity index (χ0v) is 23.6. The first-order valence-electron chi connectivity index (χ1n) is 10.00. The van der Waals surface area contributed by atoms with Gasteiger partial charge < -0.3 is 9.29 Å². The normalized spacial score (nSPS) is 16.6. The number of halogens is 2. The molecule has 1 N–H and O–H groups in total. The third-order valence-electron chi connectivity index (χ3n) is 5.68. The van der Waals surface area contributed by atoms with E-state index in [1.165, 1.54) is 0 Å². The van der Waals surface area contributed by atoms with Crippen LogP contribution in [0.2, 0.25) is 36.3 Å². The van der Waals surface area contributed by atoms with E-state index in [4.69, 9.17) is 18.9 Å². The molecule has 0 unspecified atom stereocenters. The molecule has 14 heteroatoms. The van der Waals surface area contributed by atoms with Crippen LogP contribution in [0.25, 0.3) is 0 Å². The van der Waals surface area contributed by atoms with E-state index in [0.717, 1.165) is 0 Å². The highest BCUT2D eigenvalue weighted by atomic mass is 32.2. The van der Waals surface area contributed by atoms with Gasteiger partial charge in [-0.05, 0) is 36.3 Å². The van der Waals surface area contributed by atoms with Crippen molar-refractivity contribution in [1.29, 1.82) is 0 Å². The molecule has 0 heterocycles. The molecule has 0 spiro atoms. The van der Waals surface area contributed by atoms with Gasteiger partial charge in [-0.1, -0.05) is 41.5 Å². The molecule has 0 aliphatic heterocycles. The van der Waals surface area contributed by atoms with Gasteiger partial charge in [0.1, 0.15) is 12.7 Å². The summed E-state index contributed by atoms with van der Waals surface area (Å²) >= 11 is 0. The van der Waals surface area contributed by atoms with Gasteiger partial charge in [0.25, 0.3) is 0 Å². The molecule has 9 nitrogen and oxygen atoms in total. The first-order chi connectivity index (χ1) is 13.9. The molecule has 0 bridgehead atoms. The van der Waals surface area contributed by atoms with E-state index in [2.05, 4.69) is 4.18 Å². The van der Waals surface area contributed by atoms with Gasteiger partial charge in [-0.3, -0.25) is 9.15 Å². The minimum atomic E-state index is -4.58. The standard InChI is InChI=1S/C18H38F2O9SSi2/c1-16(2,3)31(8,9)28-25-12-13(21)14(26-29-32(10,11)17(4,5)6)18(19,20)15(22)27-30(7,23)24/h13-14,21H,12H2,1-11H3/t13-,14+/m0/s1. The Labute approximate surface area is 191 Å². The van der Waals surface area contributed by atoms with Crippen LogP contribution in [0, 0.1) is 0 Å². The van der Waals surface area contributed by atoms with E-state index in [-0.39, 0.29) is 5.04 Å². The Morgan fingerprint density at radius 2 is 1.34 bits per heavy atom. The van der Waals surface area contributed by atoms with Crippen molar-refractivity contribution in [3.05, 3.63) is 0 Å². The predicted molar refractivity (Wildman–Crippen MR) is 119 cm³/mol. The van der Waals surface area contributed by atoms with Crippen LogP contribution in [-0.4, -0.2) is 67.1 Å². The SMILES string of the molecule is CC(C)(C)[Si](C)(C)OOC[C@H](O)[C@@H](OO[Si](C)(C)C(C)(C)C)C(F)(F)C(=O)OS(C)(=O)=O. The van der Waals surface area contributed by atoms with Crippen molar-refractivity contribution >= 4 is 32.7 Å². The molecular weight excluding hydrogens is 486 g/mol. The molecule has 0 saturated carbocycles. The van der Waals surface area contributed by atoms with Gasteiger partial charge >= 0.3 is 22.0 Å². The molecule has 0 fully saturated rings. The van der Waals surface area contributed by atoms with E-state index < -0.39 is 62.5 Å². The van der Waals surface area contributed by atoms with Crippen LogP contribution in [0.5, 0.6) is 0 Å². The molecule has 0 aliphatic carbocycles. The monoisotopic (exact) mass is 524 g/mol. The number of hydrogen-bond donors (Lipinski definition) is 1. The maximum absolute atomic E-state index is 14.8. The molecule has 0 amide bonds. The fourth-order valence-corrected chi connectivity index (χ4v) is 3.03. The summed E-state index contributed by atoms with van der Waals surface area (Å²) in [5.74, 6) is -6.99. The molecule has 192 valence electrons. The van der Waals surface area contributed by atoms with Crippen LogP contribution in [-0.2, 0) is 38.0 Å². The largest absolute Gasteiger partial charge is 0.395 e. The summed E-state index contributed by atoms with van der Waals surface area (Å²) in [6.45, 7) is 17.5. The lowest BCUT2D eigenvalue weighted by Gasteiger charge is -2.37. The van der Waals surface area contributed by atoms with E-state index >= 15 is 0 Å². The van der Waals surface area contributed by atoms with E-state index in [9.17, 15) is 27.1 Å². The van der Waals surface area contributed by atoms with Gasteiger partial charge in [-0.15, -0.1) is 0 Å². The van der Waals surface area contributed by atoms with Gasteiger partial charge in [-0.2, -0.15) is 17.2 Å². The molecule has 32 heavy (non-hydrogen) atoms. The molecule has 0 saturated heterocycles. The summed E-state index contributed by atoms with van der Waals surface area (Å²) in [6.07, 6.45) is -4.30. The lowest BCUT2D eigenvalue weighted by atomic mass is 10.1. The summed E-state index contributed by atoms with van der Waals surface area (Å²) in [5.41, 5.74) is 0. The highest BCUT2D eigenvalue weighted by Gasteiger charge is 2.56. The van der Waals surface area contributed by atoms with Crippen molar-refractivity contribution in [3.63, 3.8) is 0 Å². The Morgan fingerprint density at radius 1 is 0.938 bits per heavy atom. The Kier molecular flexibility index (Phi) is 10.3. The highest BCUT2D eigenvalue weighted by molar-refractivity contribution is 7.86. The summed E-state index contributed by atoms with van der Waals surface area (Å²) < 4.78 is 66.5. The van der Waals surface area contributed by atoms with Gasteiger partial charge in [0, 0.05) is 0 Å². The molecule has 0 aliphatic rings. The van der Waals surface area contributed by atoms with E-state index in [1.54, 1.807) is 13.1 Å². The number of carbonyl (C=O) groups excluding carboxylic acids is 1. The molecule has 0 aromatic heterocycles. The molecule has 0 radical (unpaired) electrons. The molecule has 0 aromatic carbocycles. The quantitative estimate of drug-likeness (QED) is 0.186. The zero-order valence-electron chi connectivity index (χ0n) is 20.7. The molecular formula is C18H38F2O9SSi2. The van der Waals surface area contributed by atoms with Crippen molar-refractivity contribution in [2.24, 2.45) is 0 Å². The van der Waals surface area contributed by atoms with Crippen LogP contribution < -0.4 is 0 Å². The Bertz CT molecular complexity index is 745. The lowest BCUT2D eigenvalue weighted by molar-refractivity contribution is -0.335. The minimum Gasteiger partial charge on any atom is -0.387 e. The summed E-state index contributed by atoms with van der Waals surface area (Å²) in [4.78, 5) is 21.8. The predicted octanol–water partition coefficient (Wildman–Crippen LogP) is 3.76. The number of aliphatic hydroxyl groups excluding tert-OH is 1. The highest BCUT2D eigenvalue weighted by Crippen LogP contribution is 2.39. The Morgan fingerprint density at radius 3 is 1.72 bits per heavy atom. The first kappa shape index (κ1) is 31.5. The Balaban J connectivity index is 5.69. The fraction of sp³-hybridized carbons (Fsp3) is 0.944. The van der Waals surface area contributed by atoms with Gasteiger partial charge in [0.05, 0.1) is 6.26 Å². The maximum atomic E-state index is 14.8. The third-order valence-corrected chi connectivity index (χ3v) is 14.4. The van der Waals surface area contributed by atoms with Crippen LogP contribution in [0.4, 0.5) is 8.78 Å². The number of aliphatic hydroxyl groups is 1. The molecule has 0 rings (SSSR count). The van der Waals surface area contributed by atoms with Crippen molar-refractivity contribution < 1.29 is 50.2 Å². The van der Waals surface area contributed by atoms with Crippen molar-refractivity contribution in [2.45, 2.75) is 95.9 Å². The van der Waals surface area contributed by atoms with Gasteiger partial charge in [-0.25, -0.2) is 14.6 Å². The summed E-state index contributed by atoms with van der Waals surface area (Å²) in [5, 5.41) is 9.66. The van der Waals surface area contributed by atoms with Gasteiger partial charge in [0.15, 0.2) is 6.10 Å². The second-order valence-corrected chi connectivity index (χ2v) is 21.7. The van der Waals surface area contributed by atoms with Crippen molar-refractivity contribution in [3.8, 4) is 0 Å². The number of carbonyl (C=O) groups is 1. The first-order valence-corrected chi connectivity index (χ1v) is 17.6.